The van der Waals surface area contributed by atoms with Crippen LogP contribution in [0.25, 0.3) is 22.7 Å². The van der Waals surface area contributed by atoms with Crippen molar-refractivity contribution in [3.63, 3.8) is 0 Å². The highest BCUT2D eigenvalue weighted by atomic mass is 79.9. The van der Waals surface area contributed by atoms with Gasteiger partial charge in [0, 0.05) is 0 Å². The van der Waals surface area contributed by atoms with E-state index in [9.17, 15) is 9.65 Å². The molecule has 0 amide bonds. The van der Waals surface area contributed by atoms with E-state index in [1.165, 1.54) is 12.1 Å². The van der Waals surface area contributed by atoms with Crippen LogP contribution < -0.4 is 4.74 Å². The second-order valence-corrected chi connectivity index (χ2v) is 8.72. The largest absolute Gasteiger partial charge is 0.487 e. The predicted octanol–water partition coefficient (Wildman–Crippen LogP) is 7.18. The average Bonchev–Trinajstić information content (AvgIpc) is 3.14. The number of hydrogen-bond acceptors (Lipinski definition) is 3. The smallest absolute Gasteiger partial charge is 0.149 e. The second kappa shape index (κ2) is 9.04. The summed E-state index contributed by atoms with van der Waals surface area (Å²) in [4.78, 5) is 7.74. The summed E-state index contributed by atoms with van der Waals surface area (Å²) in [6, 6.07) is 18.1. The zero-order valence-corrected chi connectivity index (χ0v) is 19.6. The summed E-state index contributed by atoms with van der Waals surface area (Å²) in [5, 5.41) is 9.69. The number of nitriles is 1. The summed E-state index contributed by atoms with van der Waals surface area (Å²) in [6.07, 6.45) is 1.76. The van der Waals surface area contributed by atoms with E-state index in [1.807, 2.05) is 37.3 Å². The molecule has 3 aromatic carbocycles. The molecular weight excluding hydrogens is 525 g/mol. The molecule has 0 aliphatic rings. The van der Waals surface area contributed by atoms with E-state index in [0.717, 1.165) is 27.7 Å². The Morgan fingerprint density at radius 1 is 1.16 bits per heavy atom. The SMILES string of the molecule is Cc1ccc2nc(/C(C#N)=C\c3cc(Br)c(OCc4cccc(F)c4)c(Br)c3)[nH]c2c1. The van der Waals surface area contributed by atoms with E-state index in [-0.39, 0.29) is 12.4 Å². The predicted molar refractivity (Wildman–Crippen MR) is 127 cm³/mol. The molecule has 0 radical (unpaired) electrons. The Bertz CT molecular complexity index is 1330. The van der Waals surface area contributed by atoms with Crippen molar-refractivity contribution < 1.29 is 9.13 Å². The van der Waals surface area contributed by atoms with Crippen LogP contribution in [-0.2, 0) is 6.61 Å². The van der Waals surface area contributed by atoms with Gasteiger partial charge in [0.1, 0.15) is 30.1 Å². The molecule has 1 N–H and O–H groups in total. The third kappa shape index (κ3) is 4.87. The van der Waals surface area contributed by atoms with Gasteiger partial charge in [0.25, 0.3) is 0 Å². The second-order valence-electron chi connectivity index (χ2n) is 7.01. The Labute approximate surface area is 195 Å². The first kappa shape index (κ1) is 21.3. The number of halogens is 3. The van der Waals surface area contributed by atoms with Gasteiger partial charge in [-0.3, -0.25) is 0 Å². The van der Waals surface area contributed by atoms with Gasteiger partial charge in [-0.2, -0.15) is 5.26 Å². The minimum absolute atomic E-state index is 0.228. The summed E-state index contributed by atoms with van der Waals surface area (Å²) in [6.45, 7) is 2.24. The van der Waals surface area contributed by atoms with Crippen molar-refractivity contribution in [2.75, 3.05) is 0 Å². The Morgan fingerprint density at radius 3 is 2.65 bits per heavy atom. The fraction of sp³-hybridized carbons (Fsp3) is 0.0833. The molecule has 0 fully saturated rings. The highest BCUT2D eigenvalue weighted by Crippen LogP contribution is 2.36. The maximum Gasteiger partial charge on any atom is 0.149 e. The molecule has 0 spiro atoms. The molecule has 1 heterocycles. The number of hydrogen-bond donors (Lipinski definition) is 1. The van der Waals surface area contributed by atoms with Gasteiger partial charge >= 0.3 is 0 Å². The van der Waals surface area contributed by atoms with Crippen LogP contribution >= 0.6 is 31.9 Å². The van der Waals surface area contributed by atoms with Crippen LogP contribution in [0.1, 0.15) is 22.5 Å². The highest BCUT2D eigenvalue weighted by Gasteiger charge is 2.12. The molecule has 0 atom stereocenters. The molecule has 0 unspecified atom stereocenters. The highest BCUT2D eigenvalue weighted by molar-refractivity contribution is 9.11. The zero-order chi connectivity index (χ0) is 22.0. The number of benzene rings is 3. The summed E-state index contributed by atoms with van der Waals surface area (Å²) >= 11 is 7.05. The van der Waals surface area contributed by atoms with Crippen LogP contribution in [0, 0.1) is 24.1 Å². The van der Waals surface area contributed by atoms with Crippen LogP contribution in [0.5, 0.6) is 5.75 Å². The Hall–Kier alpha value is -2.95. The molecule has 4 nitrogen and oxygen atoms in total. The van der Waals surface area contributed by atoms with Gasteiger partial charge in [-0.25, -0.2) is 9.37 Å². The van der Waals surface area contributed by atoms with E-state index in [1.54, 1.807) is 18.2 Å². The van der Waals surface area contributed by atoms with E-state index in [2.05, 4.69) is 47.9 Å². The molecule has 7 heteroatoms. The van der Waals surface area contributed by atoms with Gasteiger partial charge < -0.3 is 9.72 Å². The third-order valence-electron chi connectivity index (χ3n) is 4.62. The van der Waals surface area contributed by atoms with Crippen molar-refractivity contribution >= 4 is 54.5 Å². The van der Waals surface area contributed by atoms with Gasteiger partial charge in [0.05, 0.1) is 25.6 Å². The summed E-state index contributed by atoms with van der Waals surface area (Å²) in [5.41, 5.74) is 4.76. The fourth-order valence-corrected chi connectivity index (χ4v) is 4.61. The number of allylic oxidation sites excluding steroid dienone is 1. The molecule has 1 aromatic heterocycles. The molecule has 31 heavy (non-hydrogen) atoms. The zero-order valence-electron chi connectivity index (χ0n) is 16.4. The minimum atomic E-state index is -0.301. The lowest BCUT2D eigenvalue weighted by Crippen LogP contribution is -1.98. The van der Waals surface area contributed by atoms with E-state index >= 15 is 0 Å². The van der Waals surface area contributed by atoms with Crippen molar-refractivity contribution in [1.29, 1.82) is 5.26 Å². The maximum atomic E-state index is 13.4. The molecule has 0 bridgehead atoms. The standard InChI is InChI=1S/C24H16Br2FN3O/c1-14-5-6-21-22(7-14)30-24(29-21)17(12-28)8-16-10-19(25)23(20(26)11-16)31-13-15-3-2-4-18(27)9-15/h2-11H,13H2,1H3,(H,29,30)/b17-8-. The average molecular weight is 541 g/mol. The van der Waals surface area contributed by atoms with E-state index < -0.39 is 0 Å². The first-order chi connectivity index (χ1) is 14.9. The molecule has 0 saturated carbocycles. The molecular formula is C24H16Br2FN3O. The van der Waals surface area contributed by atoms with E-state index in [0.29, 0.717) is 26.1 Å². The number of nitrogens with one attached hydrogen (secondary N) is 1. The summed E-state index contributed by atoms with van der Waals surface area (Å²) in [5.74, 6) is 0.811. The van der Waals surface area contributed by atoms with Gasteiger partial charge in [0.15, 0.2) is 0 Å². The van der Waals surface area contributed by atoms with Crippen molar-refractivity contribution in [2.24, 2.45) is 0 Å². The van der Waals surface area contributed by atoms with Crippen LogP contribution in [0.15, 0.2) is 63.5 Å². The number of aryl methyl sites for hydroxylation is 1. The topological polar surface area (TPSA) is 61.7 Å². The molecule has 4 rings (SSSR count). The van der Waals surface area contributed by atoms with Crippen molar-refractivity contribution in [1.82, 2.24) is 9.97 Å². The van der Waals surface area contributed by atoms with Crippen LogP contribution in [-0.4, -0.2) is 9.97 Å². The summed E-state index contributed by atoms with van der Waals surface area (Å²) in [7, 11) is 0. The monoisotopic (exact) mass is 539 g/mol. The number of ether oxygens (including phenoxy) is 1. The van der Waals surface area contributed by atoms with Crippen molar-refractivity contribution in [3.8, 4) is 11.8 Å². The number of nitrogens with zero attached hydrogens (tertiary/aromatic N) is 2. The normalized spacial score (nSPS) is 11.5. The number of fused-ring (bicyclic) bond motifs is 1. The quantitative estimate of drug-likeness (QED) is 0.273. The lowest BCUT2D eigenvalue weighted by Gasteiger charge is -2.11. The Balaban J connectivity index is 1.61. The molecule has 4 aromatic rings. The molecule has 0 aliphatic carbocycles. The van der Waals surface area contributed by atoms with Gasteiger partial charge in [-0.1, -0.05) is 18.2 Å². The molecule has 154 valence electrons. The van der Waals surface area contributed by atoms with Crippen LogP contribution in [0.2, 0.25) is 0 Å². The van der Waals surface area contributed by atoms with Gasteiger partial charge in [-0.05, 0) is 97.9 Å². The van der Waals surface area contributed by atoms with Crippen molar-refractivity contribution in [3.05, 3.63) is 91.9 Å². The number of aromatic amines is 1. The number of rotatable bonds is 5. The number of H-pyrrole nitrogens is 1. The first-order valence-corrected chi connectivity index (χ1v) is 11.0. The van der Waals surface area contributed by atoms with Crippen molar-refractivity contribution in [2.45, 2.75) is 13.5 Å². The van der Waals surface area contributed by atoms with Crippen LogP contribution in [0.4, 0.5) is 4.39 Å². The van der Waals surface area contributed by atoms with E-state index in [4.69, 9.17) is 4.74 Å². The lowest BCUT2D eigenvalue weighted by atomic mass is 10.1. The number of aromatic nitrogens is 2. The molecule has 0 saturated heterocycles. The summed E-state index contributed by atoms with van der Waals surface area (Å²) < 4.78 is 20.7. The first-order valence-electron chi connectivity index (χ1n) is 9.38. The third-order valence-corrected chi connectivity index (χ3v) is 5.79. The molecule has 0 aliphatic heterocycles. The lowest BCUT2D eigenvalue weighted by molar-refractivity contribution is 0.301. The fourth-order valence-electron chi connectivity index (χ4n) is 3.15. The number of imidazole rings is 1. The minimum Gasteiger partial charge on any atom is -0.487 e. The van der Waals surface area contributed by atoms with Crippen LogP contribution in [0.3, 0.4) is 0 Å². The Morgan fingerprint density at radius 2 is 1.94 bits per heavy atom. The maximum absolute atomic E-state index is 13.4. The van der Waals surface area contributed by atoms with Gasteiger partial charge in [0.2, 0.25) is 0 Å². The van der Waals surface area contributed by atoms with Gasteiger partial charge in [-0.15, -0.1) is 0 Å². The Kier molecular flexibility index (Phi) is 6.21.